The molecule has 104 valence electrons. The number of anilines is 1. The van der Waals surface area contributed by atoms with Crippen molar-refractivity contribution in [1.29, 1.82) is 0 Å². The van der Waals surface area contributed by atoms with Crippen molar-refractivity contribution in [2.45, 2.75) is 39.7 Å². The summed E-state index contributed by atoms with van der Waals surface area (Å²) in [4.78, 5) is 14.7. The fourth-order valence-corrected chi connectivity index (χ4v) is 2.86. The predicted molar refractivity (Wildman–Crippen MR) is 77.9 cm³/mol. The van der Waals surface area contributed by atoms with Gasteiger partial charge in [0.2, 0.25) is 0 Å². The number of nitrogens with one attached hydrogen (secondary N) is 1. The van der Waals surface area contributed by atoms with Crippen LogP contribution in [0, 0.1) is 12.8 Å². The largest absolute Gasteiger partial charge is 0.335 e. The highest BCUT2D eigenvalue weighted by molar-refractivity contribution is 6.00. The molecular weight excluding hydrogens is 238 g/mol. The number of hydrogen-bond donors (Lipinski definition) is 2. The van der Waals surface area contributed by atoms with E-state index in [2.05, 4.69) is 19.3 Å². The number of nitrogens with zero attached hydrogens (tertiary/aromatic N) is 1. The lowest BCUT2D eigenvalue weighted by molar-refractivity contribution is 0.0702. The van der Waals surface area contributed by atoms with Crippen LogP contribution >= 0.6 is 0 Å². The maximum atomic E-state index is 12.7. The second kappa shape index (κ2) is 5.61. The number of benzene rings is 1. The standard InChI is InChI=1S/C15H23N3O/c1-10(2)14-5-4-8-18(14)15(19)12-7-6-11(3)9-13(12)17-16/h6-7,9-10,14,17H,4-5,8,16H2,1-3H3. The van der Waals surface area contributed by atoms with E-state index in [4.69, 9.17) is 5.84 Å². The Balaban J connectivity index is 2.29. The zero-order chi connectivity index (χ0) is 14.0. The number of amides is 1. The van der Waals surface area contributed by atoms with Crippen LogP contribution < -0.4 is 11.3 Å². The van der Waals surface area contributed by atoms with Crippen LogP contribution in [0.15, 0.2) is 18.2 Å². The van der Waals surface area contributed by atoms with Gasteiger partial charge in [0.1, 0.15) is 0 Å². The summed E-state index contributed by atoms with van der Waals surface area (Å²) in [7, 11) is 0. The van der Waals surface area contributed by atoms with Gasteiger partial charge in [0.25, 0.3) is 5.91 Å². The molecule has 1 aliphatic rings. The third-order valence-corrected chi connectivity index (χ3v) is 3.89. The zero-order valence-corrected chi connectivity index (χ0v) is 11.9. The molecule has 0 radical (unpaired) electrons. The van der Waals surface area contributed by atoms with Crippen molar-refractivity contribution in [3.8, 4) is 0 Å². The Bertz CT molecular complexity index is 470. The summed E-state index contributed by atoms with van der Waals surface area (Å²) in [5, 5.41) is 0. The summed E-state index contributed by atoms with van der Waals surface area (Å²) in [5.74, 6) is 6.11. The summed E-state index contributed by atoms with van der Waals surface area (Å²) in [6, 6.07) is 6.07. The molecule has 19 heavy (non-hydrogen) atoms. The molecule has 4 nitrogen and oxygen atoms in total. The highest BCUT2D eigenvalue weighted by Crippen LogP contribution is 2.27. The van der Waals surface area contributed by atoms with Crippen LogP contribution in [0.5, 0.6) is 0 Å². The van der Waals surface area contributed by atoms with Gasteiger partial charge in [0.15, 0.2) is 0 Å². The molecule has 2 rings (SSSR count). The van der Waals surface area contributed by atoms with Crippen LogP contribution in [0.2, 0.25) is 0 Å². The van der Waals surface area contributed by atoms with E-state index in [0.29, 0.717) is 23.2 Å². The second-order valence-electron chi connectivity index (χ2n) is 5.65. The quantitative estimate of drug-likeness (QED) is 0.649. The van der Waals surface area contributed by atoms with Crippen LogP contribution in [-0.4, -0.2) is 23.4 Å². The van der Waals surface area contributed by atoms with E-state index < -0.39 is 0 Å². The molecule has 1 atom stereocenters. The first kappa shape index (κ1) is 13.9. The summed E-state index contributed by atoms with van der Waals surface area (Å²) < 4.78 is 0. The fraction of sp³-hybridized carbons (Fsp3) is 0.533. The number of rotatable bonds is 3. The van der Waals surface area contributed by atoms with Gasteiger partial charge >= 0.3 is 0 Å². The maximum absolute atomic E-state index is 12.7. The smallest absolute Gasteiger partial charge is 0.256 e. The molecule has 4 heteroatoms. The summed E-state index contributed by atoms with van der Waals surface area (Å²) in [6.07, 6.45) is 2.19. The average molecular weight is 261 g/mol. The van der Waals surface area contributed by atoms with Crippen molar-refractivity contribution in [2.75, 3.05) is 12.0 Å². The molecule has 0 saturated carbocycles. The van der Waals surface area contributed by atoms with Crippen LogP contribution in [0.3, 0.4) is 0 Å². The van der Waals surface area contributed by atoms with E-state index in [9.17, 15) is 4.79 Å². The minimum absolute atomic E-state index is 0.0872. The average Bonchev–Trinajstić information content (AvgIpc) is 2.87. The Hall–Kier alpha value is -1.55. The molecule has 0 aromatic heterocycles. The first-order chi connectivity index (χ1) is 9.04. The van der Waals surface area contributed by atoms with Gasteiger partial charge in [-0.1, -0.05) is 19.9 Å². The third-order valence-electron chi connectivity index (χ3n) is 3.89. The van der Waals surface area contributed by atoms with Gasteiger partial charge in [-0.25, -0.2) is 0 Å². The Morgan fingerprint density at radius 3 is 2.84 bits per heavy atom. The van der Waals surface area contributed by atoms with Crippen LogP contribution in [0.1, 0.15) is 42.6 Å². The molecule has 1 unspecified atom stereocenters. The lowest BCUT2D eigenvalue weighted by atomic mass is 10.0. The van der Waals surface area contributed by atoms with Crippen molar-refractivity contribution < 1.29 is 4.79 Å². The monoisotopic (exact) mass is 261 g/mol. The molecule has 0 spiro atoms. The van der Waals surface area contributed by atoms with Gasteiger partial charge in [-0.15, -0.1) is 0 Å². The molecule has 1 fully saturated rings. The first-order valence-corrected chi connectivity index (χ1v) is 6.93. The van der Waals surface area contributed by atoms with Gasteiger partial charge < -0.3 is 10.3 Å². The lowest BCUT2D eigenvalue weighted by Crippen LogP contribution is -2.39. The molecule has 1 aliphatic heterocycles. The Morgan fingerprint density at radius 1 is 1.47 bits per heavy atom. The summed E-state index contributed by atoms with van der Waals surface area (Å²) in [6.45, 7) is 7.18. The van der Waals surface area contributed by atoms with Gasteiger partial charge in [-0.3, -0.25) is 10.6 Å². The van der Waals surface area contributed by atoms with E-state index >= 15 is 0 Å². The van der Waals surface area contributed by atoms with Crippen molar-refractivity contribution >= 4 is 11.6 Å². The fourth-order valence-electron chi connectivity index (χ4n) is 2.86. The van der Waals surface area contributed by atoms with E-state index in [1.54, 1.807) is 0 Å². The number of nitrogen functional groups attached to an aromatic ring is 1. The number of nitrogens with two attached hydrogens (primary N) is 1. The summed E-state index contributed by atoms with van der Waals surface area (Å²) in [5.41, 5.74) is 5.10. The van der Waals surface area contributed by atoms with Gasteiger partial charge in [-0.2, -0.15) is 0 Å². The zero-order valence-electron chi connectivity index (χ0n) is 11.9. The third kappa shape index (κ3) is 2.73. The number of aryl methyl sites for hydroxylation is 1. The van der Waals surface area contributed by atoms with Crippen molar-refractivity contribution in [3.05, 3.63) is 29.3 Å². The van der Waals surface area contributed by atoms with Crippen LogP contribution in [0.4, 0.5) is 5.69 Å². The molecule has 0 aliphatic carbocycles. The minimum Gasteiger partial charge on any atom is -0.335 e. The molecule has 1 amide bonds. The Morgan fingerprint density at radius 2 is 2.21 bits per heavy atom. The van der Waals surface area contributed by atoms with Crippen LogP contribution in [-0.2, 0) is 0 Å². The molecule has 1 heterocycles. The maximum Gasteiger partial charge on any atom is 0.256 e. The van der Waals surface area contributed by atoms with Crippen molar-refractivity contribution in [2.24, 2.45) is 11.8 Å². The Labute approximate surface area is 114 Å². The van der Waals surface area contributed by atoms with Gasteiger partial charge in [0, 0.05) is 12.6 Å². The van der Waals surface area contributed by atoms with Crippen molar-refractivity contribution in [3.63, 3.8) is 0 Å². The number of hydrazine groups is 1. The van der Waals surface area contributed by atoms with Crippen molar-refractivity contribution in [1.82, 2.24) is 4.90 Å². The SMILES string of the molecule is Cc1ccc(C(=O)N2CCCC2C(C)C)c(NN)c1. The van der Waals surface area contributed by atoms with Gasteiger partial charge in [-0.05, 0) is 43.4 Å². The highest BCUT2D eigenvalue weighted by Gasteiger charge is 2.32. The summed E-state index contributed by atoms with van der Waals surface area (Å²) >= 11 is 0. The number of likely N-dealkylation sites (tertiary alicyclic amines) is 1. The topological polar surface area (TPSA) is 58.4 Å². The normalized spacial score (nSPS) is 19.0. The predicted octanol–water partition coefficient (Wildman–Crippen LogP) is 2.54. The van der Waals surface area contributed by atoms with Crippen LogP contribution in [0.25, 0.3) is 0 Å². The molecule has 3 N–H and O–H groups in total. The molecule has 1 aromatic carbocycles. The van der Waals surface area contributed by atoms with E-state index in [1.165, 1.54) is 0 Å². The lowest BCUT2D eigenvalue weighted by Gasteiger charge is -2.28. The van der Waals surface area contributed by atoms with Gasteiger partial charge in [0.05, 0.1) is 11.3 Å². The molecular formula is C15H23N3O. The number of carbonyl (C=O) groups excluding carboxylic acids is 1. The van der Waals surface area contributed by atoms with E-state index in [-0.39, 0.29) is 5.91 Å². The van der Waals surface area contributed by atoms with E-state index in [0.717, 1.165) is 24.9 Å². The number of carbonyl (C=O) groups is 1. The van der Waals surface area contributed by atoms with E-state index in [1.807, 2.05) is 30.0 Å². The Kier molecular flexibility index (Phi) is 4.10. The minimum atomic E-state index is 0.0872. The first-order valence-electron chi connectivity index (χ1n) is 6.93. The highest BCUT2D eigenvalue weighted by atomic mass is 16.2. The number of hydrogen-bond acceptors (Lipinski definition) is 3. The molecule has 1 saturated heterocycles. The molecule has 0 bridgehead atoms. The second-order valence-corrected chi connectivity index (χ2v) is 5.65. The molecule has 1 aromatic rings.